The number of urea groups is 1. The number of ketones is 2. The number of amides is 2. The van der Waals surface area contributed by atoms with E-state index in [0.717, 1.165) is 11.3 Å². The van der Waals surface area contributed by atoms with Crippen molar-refractivity contribution in [2.24, 2.45) is 0 Å². The lowest BCUT2D eigenvalue weighted by atomic mass is 10.0. The molecule has 0 spiro atoms. The third-order valence-corrected chi connectivity index (χ3v) is 4.93. The molecular weight excluding hydrogens is 320 g/mol. The van der Waals surface area contributed by atoms with E-state index < -0.39 is 0 Å². The number of nitrogens with zero attached hydrogens (tertiary/aromatic N) is 3. The van der Waals surface area contributed by atoms with E-state index in [1.807, 2.05) is 20.8 Å². The van der Waals surface area contributed by atoms with Crippen molar-refractivity contribution in [3.63, 3.8) is 0 Å². The Morgan fingerprint density at radius 3 is 2.08 bits per heavy atom. The molecule has 0 unspecified atom stereocenters. The summed E-state index contributed by atoms with van der Waals surface area (Å²) in [6.07, 6.45) is 0. The van der Waals surface area contributed by atoms with Crippen molar-refractivity contribution in [1.82, 2.24) is 19.7 Å². The van der Waals surface area contributed by atoms with Gasteiger partial charge >= 0.3 is 6.03 Å². The number of carbonyl (C=O) groups is 3. The van der Waals surface area contributed by atoms with Gasteiger partial charge in [0.05, 0.1) is 11.7 Å². The molecule has 1 aliphatic heterocycles. The van der Waals surface area contributed by atoms with Crippen LogP contribution in [0.4, 0.5) is 4.79 Å². The number of aryl methyl sites for hydroxylation is 1. The first-order chi connectivity index (χ1) is 11.6. The van der Waals surface area contributed by atoms with Gasteiger partial charge in [0.15, 0.2) is 11.6 Å². The Labute approximate surface area is 149 Å². The van der Waals surface area contributed by atoms with Gasteiger partial charge in [-0.3, -0.25) is 14.5 Å². The van der Waals surface area contributed by atoms with Gasteiger partial charge in [0, 0.05) is 51.5 Å². The Balaban J connectivity index is 2.08. The number of H-pyrrole nitrogens is 1. The van der Waals surface area contributed by atoms with Crippen LogP contribution < -0.4 is 0 Å². The fraction of sp³-hybridized carbons (Fsp3) is 0.611. The van der Waals surface area contributed by atoms with E-state index in [-0.39, 0.29) is 23.6 Å². The number of rotatable bonds is 4. The van der Waals surface area contributed by atoms with E-state index in [9.17, 15) is 14.4 Å². The molecule has 138 valence electrons. The second-order valence-corrected chi connectivity index (χ2v) is 6.92. The normalized spacial score (nSPS) is 16.6. The molecule has 0 aliphatic carbocycles. The molecule has 1 aliphatic rings. The van der Waals surface area contributed by atoms with Crippen LogP contribution >= 0.6 is 0 Å². The summed E-state index contributed by atoms with van der Waals surface area (Å²) >= 11 is 0. The van der Waals surface area contributed by atoms with Gasteiger partial charge in [0.1, 0.15) is 0 Å². The second kappa shape index (κ2) is 7.39. The molecule has 0 radical (unpaired) electrons. The van der Waals surface area contributed by atoms with Crippen molar-refractivity contribution >= 4 is 17.6 Å². The van der Waals surface area contributed by atoms with Crippen LogP contribution in [0.5, 0.6) is 0 Å². The monoisotopic (exact) mass is 348 g/mol. The number of Topliss-reactive ketones (excluding diaryl/α,β-unsaturated/α-hetero) is 2. The molecule has 7 nitrogen and oxygen atoms in total. The molecule has 0 aromatic carbocycles. The minimum Gasteiger partial charge on any atom is -0.355 e. The molecule has 1 N–H and O–H groups in total. The fourth-order valence-electron chi connectivity index (χ4n) is 3.48. The lowest BCUT2D eigenvalue weighted by molar-refractivity contribution is 0.0718. The van der Waals surface area contributed by atoms with Crippen molar-refractivity contribution in [1.29, 1.82) is 0 Å². The second-order valence-electron chi connectivity index (χ2n) is 6.92. The van der Waals surface area contributed by atoms with E-state index in [0.29, 0.717) is 37.4 Å². The number of hydrogen-bond donors (Lipinski definition) is 1. The van der Waals surface area contributed by atoms with Crippen LogP contribution in [-0.4, -0.2) is 83.6 Å². The van der Waals surface area contributed by atoms with E-state index in [1.54, 1.807) is 23.9 Å². The topological polar surface area (TPSA) is 76.7 Å². The third kappa shape index (κ3) is 3.76. The molecule has 2 heterocycles. The molecule has 2 amide bonds. The van der Waals surface area contributed by atoms with Crippen molar-refractivity contribution < 1.29 is 14.4 Å². The highest BCUT2D eigenvalue weighted by molar-refractivity contribution is 6.05. The van der Waals surface area contributed by atoms with Gasteiger partial charge in [-0.2, -0.15) is 0 Å². The van der Waals surface area contributed by atoms with Gasteiger partial charge < -0.3 is 14.8 Å². The van der Waals surface area contributed by atoms with Crippen molar-refractivity contribution in [2.75, 3.05) is 40.3 Å². The summed E-state index contributed by atoms with van der Waals surface area (Å²) < 4.78 is 0. The fourth-order valence-corrected chi connectivity index (χ4v) is 3.48. The van der Waals surface area contributed by atoms with E-state index in [1.165, 1.54) is 6.92 Å². The predicted molar refractivity (Wildman–Crippen MR) is 96.3 cm³/mol. The summed E-state index contributed by atoms with van der Waals surface area (Å²) in [4.78, 5) is 45.2. The maximum atomic E-state index is 12.9. The van der Waals surface area contributed by atoms with Gasteiger partial charge in [-0.05, 0) is 33.3 Å². The molecule has 0 saturated carbocycles. The minimum absolute atomic E-state index is 0.000525. The molecule has 1 atom stereocenters. The summed E-state index contributed by atoms with van der Waals surface area (Å²) in [5.74, 6) is -0.0470. The summed E-state index contributed by atoms with van der Waals surface area (Å²) in [5.41, 5.74) is 2.59. The number of carbonyl (C=O) groups excluding carboxylic acids is 3. The maximum absolute atomic E-state index is 12.9. The SMILES string of the molecule is CC(=O)c1c(C)[nH]c(C(=O)[C@H](C)N2CCN(C(=O)N(C)C)CC2)c1C. The molecule has 2 rings (SSSR count). The lowest BCUT2D eigenvalue weighted by Gasteiger charge is -2.38. The Kier molecular flexibility index (Phi) is 5.67. The standard InChI is InChI=1S/C18H28N4O3/c1-11-15(14(4)23)12(2)19-16(11)17(24)13(3)21-7-9-22(10-8-21)18(25)20(5)6/h13,19H,7-10H2,1-6H3/t13-/m0/s1. The highest BCUT2D eigenvalue weighted by Gasteiger charge is 2.30. The van der Waals surface area contributed by atoms with E-state index >= 15 is 0 Å². The first kappa shape index (κ1) is 19.2. The van der Waals surface area contributed by atoms with Crippen LogP contribution in [-0.2, 0) is 0 Å². The van der Waals surface area contributed by atoms with Gasteiger partial charge in [0.2, 0.25) is 0 Å². The van der Waals surface area contributed by atoms with Crippen molar-refractivity contribution in [3.05, 3.63) is 22.5 Å². The number of hydrogen-bond acceptors (Lipinski definition) is 4. The average Bonchev–Trinajstić information content (AvgIpc) is 2.87. The summed E-state index contributed by atoms with van der Waals surface area (Å²) in [5, 5.41) is 0. The van der Waals surface area contributed by atoms with Gasteiger partial charge in [0.25, 0.3) is 0 Å². The zero-order chi connectivity index (χ0) is 18.9. The minimum atomic E-state index is -0.298. The first-order valence-electron chi connectivity index (χ1n) is 8.59. The van der Waals surface area contributed by atoms with Crippen LogP contribution in [0.1, 0.15) is 46.0 Å². The maximum Gasteiger partial charge on any atom is 0.319 e. The largest absolute Gasteiger partial charge is 0.355 e. The Bertz CT molecular complexity index is 685. The summed E-state index contributed by atoms with van der Waals surface area (Å²) in [6, 6.07) is -0.297. The smallest absolute Gasteiger partial charge is 0.319 e. The Morgan fingerprint density at radius 1 is 1.08 bits per heavy atom. The predicted octanol–water partition coefficient (Wildman–Crippen LogP) is 1.70. The van der Waals surface area contributed by atoms with Crippen LogP contribution in [0.25, 0.3) is 0 Å². The van der Waals surface area contributed by atoms with Crippen LogP contribution in [0.3, 0.4) is 0 Å². The highest BCUT2D eigenvalue weighted by Crippen LogP contribution is 2.21. The molecule has 1 aromatic heterocycles. The van der Waals surface area contributed by atoms with Crippen LogP contribution in [0.15, 0.2) is 0 Å². The Hall–Kier alpha value is -2.15. The lowest BCUT2D eigenvalue weighted by Crippen LogP contribution is -2.54. The van der Waals surface area contributed by atoms with Crippen LogP contribution in [0.2, 0.25) is 0 Å². The van der Waals surface area contributed by atoms with E-state index in [2.05, 4.69) is 9.88 Å². The van der Waals surface area contributed by atoms with Gasteiger partial charge in [-0.1, -0.05) is 0 Å². The first-order valence-corrected chi connectivity index (χ1v) is 8.59. The summed E-state index contributed by atoms with van der Waals surface area (Å²) in [7, 11) is 3.48. The number of aromatic nitrogens is 1. The average molecular weight is 348 g/mol. The molecule has 1 aromatic rings. The third-order valence-electron chi connectivity index (χ3n) is 4.93. The molecule has 1 saturated heterocycles. The Morgan fingerprint density at radius 2 is 1.64 bits per heavy atom. The molecule has 0 bridgehead atoms. The number of aromatic amines is 1. The molecule has 1 fully saturated rings. The van der Waals surface area contributed by atoms with Crippen molar-refractivity contribution in [2.45, 2.75) is 33.7 Å². The van der Waals surface area contributed by atoms with Gasteiger partial charge in [-0.25, -0.2) is 4.79 Å². The van der Waals surface area contributed by atoms with Gasteiger partial charge in [-0.15, -0.1) is 0 Å². The number of nitrogens with one attached hydrogen (secondary N) is 1. The molecular formula is C18H28N4O3. The molecule has 7 heteroatoms. The van der Waals surface area contributed by atoms with Crippen LogP contribution in [0, 0.1) is 13.8 Å². The quantitative estimate of drug-likeness (QED) is 0.841. The zero-order valence-electron chi connectivity index (χ0n) is 16.0. The zero-order valence-corrected chi connectivity index (χ0v) is 16.0. The molecule has 25 heavy (non-hydrogen) atoms. The van der Waals surface area contributed by atoms with Crippen molar-refractivity contribution in [3.8, 4) is 0 Å². The highest BCUT2D eigenvalue weighted by atomic mass is 16.2. The number of piperazine rings is 1. The van der Waals surface area contributed by atoms with E-state index in [4.69, 9.17) is 0 Å². The summed E-state index contributed by atoms with van der Waals surface area (Å²) in [6.45, 7) is 9.56.